The summed E-state index contributed by atoms with van der Waals surface area (Å²) in [5.41, 5.74) is 4.41. The Morgan fingerprint density at radius 1 is 1.19 bits per heavy atom. The minimum absolute atomic E-state index is 0.0368. The van der Waals surface area contributed by atoms with E-state index in [1.165, 1.54) is 11.1 Å². The lowest BCUT2D eigenvalue weighted by Gasteiger charge is -2.14. The highest BCUT2D eigenvalue weighted by atomic mass is 16.2. The van der Waals surface area contributed by atoms with Gasteiger partial charge in [-0.2, -0.15) is 0 Å². The van der Waals surface area contributed by atoms with Gasteiger partial charge in [0.15, 0.2) is 0 Å². The predicted octanol–water partition coefficient (Wildman–Crippen LogP) is 3.61. The zero-order valence-electron chi connectivity index (χ0n) is 12.2. The van der Waals surface area contributed by atoms with Gasteiger partial charge in [-0.3, -0.25) is 4.79 Å². The van der Waals surface area contributed by atoms with Crippen LogP contribution >= 0.6 is 0 Å². The molecule has 1 atom stereocenters. The molecule has 1 aliphatic rings. The summed E-state index contributed by atoms with van der Waals surface area (Å²) in [4.78, 5) is 12.5. The molecule has 108 valence electrons. The summed E-state index contributed by atoms with van der Waals surface area (Å²) in [5.74, 6) is 0.0368. The molecule has 1 amide bonds. The maximum Gasteiger partial charge on any atom is 0.247 e. The van der Waals surface area contributed by atoms with Crippen LogP contribution in [-0.2, 0) is 17.6 Å². The fourth-order valence-electron chi connectivity index (χ4n) is 2.81. The number of para-hydroxylation sites is 2. The second-order valence-corrected chi connectivity index (χ2v) is 5.45. The smallest absolute Gasteiger partial charge is 0.247 e. The highest BCUT2D eigenvalue weighted by molar-refractivity contribution is 5.98. The lowest BCUT2D eigenvalue weighted by molar-refractivity contribution is -0.116. The number of fused-ring (bicyclic) bond motifs is 1. The van der Waals surface area contributed by atoms with E-state index in [0.717, 1.165) is 30.6 Å². The molecule has 0 saturated carbocycles. The topological polar surface area (TPSA) is 41.1 Å². The third kappa shape index (κ3) is 2.92. The van der Waals surface area contributed by atoms with Crippen molar-refractivity contribution in [1.82, 2.24) is 0 Å². The van der Waals surface area contributed by atoms with Crippen molar-refractivity contribution in [2.75, 3.05) is 10.6 Å². The van der Waals surface area contributed by atoms with Crippen LogP contribution in [0.4, 0.5) is 11.4 Å². The quantitative estimate of drug-likeness (QED) is 0.898. The monoisotopic (exact) mass is 280 g/mol. The molecule has 3 heteroatoms. The van der Waals surface area contributed by atoms with Crippen LogP contribution in [0.5, 0.6) is 0 Å². The Hall–Kier alpha value is -2.29. The lowest BCUT2D eigenvalue weighted by atomic mass is 10.1. The highest BCUT2D eigenvalue weighted by Crippen LogP contribution is 2.26. The fraction of sp³-hybridized carbons (Fsp3) is 0.278. The first-order valence-electron chi connectivity index (χ1n) is 7.51. The molecule has 0 spiro atoms. The molecular weight excluding hydrogens is 260 g/mol. The van der Waals surface area contributed by atoms with E-state index in [0.29, 0.717) is 0 Å². The summed E-state index contributed by atoms with van der Waals surface area (Å²) in [5, 5.41) is 6.36. The van der Waals surface area contributed by atoms with Crippen molar-refractivity contribution < 1.29 is 4.79 Å². The van der Waals surface area contributed by atoms with Gasteiger partial charge < -0.3 is 10.6 Å². The van der Waals surface area contributed by atoms with Gasteiger partial charge in [0.2, 0.25) is 5.91 Å². The summed E-state index contributed by atoms with van der Waals surface area (Å²) < 4.78 is 0. The van der Waals surface area contributed by atoms with Crippen molar-refractivity contribution in [1.29, 1.82) is 0 Å². The van der Waals surface area contributed by atoms with Gasteiger partial charge in [-0.25, -0.2) is 0 Å². The molecular formula is C18H20N2O. The van der Waals surface area contributed by atoms with Gasteiger partial charge in [-0.15, -0.1) is 0 Å². The van der Waals surface area contributed by atoms with E-state index in [9.17, 15) is 4.79 Å². The normalized spacial score (nSPS) is 16.1. The van der Waals surface area contributed by atoms with Crippen LogP contribution in [0, 0.1) is 0 Å². The zero-order chi connectivity index (χ0) is 14.7. The number of carbonyl (C=O) groups is 1. The number of hydrogen-bond donors (Lipinski definition) is 2. The predicted molar refractivity (Wildman–Crippen MR) is 86.6 cm³/mol. The summed E-state index contributed by atoms with van der Waals surface area (Å²) in [7, 11) is 0. The molecule has 0 radical (unpaired) electrons. The Morgan fingerprint density at radius 3 is 2.76 bits per heavy atom. The van der Waals surface area contributed by atoms with Crippen LogP contribution in [0.1, 0.15) is 24.5 Å². The lowest BCUT2D eigenvalue weighted by Crippen LogP contribution is -2.33. The van der Waals surface area contributed by atoms with Gasteiger partial charge >= 0.3 is 0 Å². The van der Waals surface area contributed by atoms with Gasteiger partial charge in [0.05, 0.1) is 0 Å². The van der Waals surface area contributed by atoms with Gasteiger partial charge in [0, 0.05) is 17.8 Å². The van der Waals surface area contributed by atoms with Crippen molar-refractivity contribution in [3.05, 3.63) is 59.7 Å². The first kappa shape index (κ1) is 13.7. The fourth-order valence-corrected chi connectivity index (χ4v) is 2.81. The van der Waals surface area contributed by atoms with Crippen LogP contribution < -0.4 is 10.6 Å². The molecule has 0 fully saturated rings. The average Bonchev–Trinajstić information content (AvgIpc) is 2.93. The maximum absolute atomic E-state index is 12.5. The number of aryl methyl sites for hydroxylation is 1. The number of benzene rings is 2. The Balaban J connectivity index is 1.71. The van der Waals surface area contributed by atoms with E-state index in [4.69, 9.17) is 0 Å². The molecule has 1 aliphatic heterocycles. The molecule has 1 unspecified atom stereocenters. The van der Waals surface area contributed by atoms with E-state index in [2.05, 4.69) is 29.7 Å². The van der Waals surface area contributed by atoms with Crippen molar-refractivity contribution in [3.63, 3.8) is 0 Å². The SMILES string of the molecule is CCCc1ccccc1NC(=O)C1Cc2ccccc2N1. The third-order valence-electron chi connectivity index (χ3n) is 3.88. The molecule has 0 aromatic heterocycles. The number of hydrogen-bond acceptors (Lipinski definition) is 2. The van der Waals surface area contributed by atoms with Crippen LogP contribution in [0.3, 0.4) is 0 Å². The van der Waals surface area contributed by atoms with E-state index >= 15 is 0 Å². The Kier molecular flexibility index (Phi) is 3.91. The Bertz CT molecular complexity index is 626. The Labute approximate surface area is 125 Å². The Morgan fingerprint density at radius 2 is 1.95 bits per heavy atom. The molecule has 1 heterocycles. The first-order valence-corrected chi connectivity index (χ1v) is 7.51. The number of nitrogens with one attached hydrogen (secondary N) is 2. The van der Waals surface area contributed by atoms with Crippen LogP contribution in [0.15, 0.2) is 48.5 Å². The number of carbonyl (C=O) groups excluding carboxylic acids is 1. The minimum Gasteiger partial charge on any atom is -0.373 e. The van der Waals surface area contributed by atoms with Crippen molar-refractivity contribution in [2.45, 2.75) is 32.2 Å². The first-order chi connectivity index (χ1) is 10.3. The van der Waals surface area contributed by atoms with E-state index in [1.54, 1.807) is 0 Å². The molecule has 3 nitrogen and oxygen atoms in total. The summed E-state index contributed by atoms with van der Waals surface area (Å²) in [6.45, 7) is 2.15. The number of anilines is 2. The molecule has 2 N–H and O–H groups in total. The van der Waals surface area contributed by atoms with E-state index in [1.807, 2.05) is 36.4 Å². The largest absolute Gasteiger partial charge is 0.373 e. The molecule has 21 heavy (non-hydrogen) atoms. The summed E-state index contributed by atoms with van der Waals surface area (Å²) >= 11 is 0. The molecule has 0 saturated heterocycles. The molecule has 0 bridgehead atoms. The third-order valence-corrected chi connectivity index (χ3v) is 3.88. The van der Waals surface area contributed by atoms with Crippen molar-refractivity contribution in [3.8, 4) is 0 Å². The van der Waals surface area contributed by atoms with Crippen molar-refractivity contribution >= 4 is 17.3 Å². The van der Waals surface area contributed by atoms with Crippen LogP contribution in [0.25, 0.3) is 0 Å². The number of rotatable bonds is 4. The van der Waals surface area contributed by atoms with Crippen LogP contribution in [0.2, 0.25) is 0 Å². The minimum atomic E-state index is -0.183. The van der Waals surface area contributed by atoms with Gasteiger partial charge in [0.1, 0.15) is 6.04 Å². The number of amides is 1. The summed E-state index contributed by atoms with van der Waals surface area (Å²) in [6, 6.07) is 15.9. The standard InChI is InChI=1S/C18H20N2O/c1-2-7-13-8-3-5-10-15(13)20-18(21)17-12-14-9-4-6-11-16(14)19-17/h3-6,8-11,17,19H,2,7,12H2,1H3,(H,20,21). The zero-order valence-corrected chi connectivity index (χ0v) is 12.2. The molecule has 3 rings (SSSR count). The average molecular weight is 280 g/mol. The maximum atomic E-state index is 12.5. The van der Waals surface area contributed by atoms with Crippen molar-refractivity contribution in [2.24, 2.45) is 0 Å². The molecule has 0 aliphatic carbocycles. The van der Waals surface area contributed by atoms with E-state index < -0.39 is 0 Å². The van der Waals surface area contributed by atoms with Gasteiger partial charge in [-0.1, -0.05) is 49.7 Å². The highest BCUT2D eigenvalue weighted by Gasteiger charge is 2.26. The van der Waals surface area contributed by atoms with Gasteiger partial charge in [-0.05, 0) is 29.7 Å². The second kappa shape index (κ2) is 6.00. The molecule has 2 aromatic rings. The summed E-state index contributed by atoms with van der Waals surface area (Å²) in [6.07, 6.45) is 2.80. The van der Waals surface area contributed by atoms with Gasteiger partial charge in [0.25, 0.3) is 0 Å². The molecule has 2 aromatic carbocycles. The second-order valence-electron chi connectivity index (χ2n) is 5.45. The van der Waals surface area contributed by atoms with Crippen LogP contribution in [-0.4, -0.2) is 11.9 Å². The van der Waals surface area contributed by atoms with E-state index in [-0.39, 0.29) is 11.9 Å².